The molecule has 0 unspecified atom stereocenters. The molecule has 3 rings (SSSR count). The van der Waals surface area contributed by atoms with Crippen LogP contribution in [0.3, 0.4) is 0 Å². The van der Waals surface area contributed by atoms with E-state index in [9.17, 15) is 26.4 Å². The van der Waals surface area contributed by atoms with Crippen molar-refractivity contribution >= 4 is 15.7 Å². The average molecular weight is 440 g/mol. The van der Waals surface area contributed by atoms with Crippen LogP contribution in [0.2, 0.25) is 0 Å². The third-order valence-electron chi connectivity index (χ3n) is 5.30. The number of aromatic nitrogens is 1. The van der Waals surface area contributed by atoms with E-state index in [1.54, 1.807) is 18.2 Å². The summed E-state index contributed by atoms with van der Waals surface area (Å²) < 4.78 is 63.6. The van der Waals surface area contributed by atoms with E-state index in [0.29, 0.717) is 30.6 Å². The van der Waals surface area contributed by atoms with Gasteiger partial charge in [0.2, 0.25) is 0 Å². The number of pyridine rings is 1. The van der Waals surface area contributed by atoms with E-state index in [1.807, 2.05) is 13.0 Å². The van der Waals surface area contributed by atoms with Crippen molar-refractivity contribution in [3.63, 3.8) is 0 Å². The largest absolute Gasteiger partial charge is 0.433 e. The highest BCUT2D eigenvalue weighted by molar-refractivity contribution is 7.91. The van der Waals surface area contributed by atoms with Crippen LogP contribution in [0.5, 0.6) is 0 Å². The summed E-state index contributed by atoms with van der Waals surface area (Å²) in [5.74, 6) is -0.545. The topological polar surface area (TPSA) is 76.1 Å². The summed E-state index contributed by atoms with van der Waals surface area (Å²) in [7, 11) is -3.39. The number of sulfone groups is 1. The molecule has 9 heteroatoms. The van der Waals surface area contributed by atoms with Gasteiger partial charge in [0.05, 0.1) is 10.6 Å². The first kappa shape index (κ1) is 22.3. The minimum atomic E-state index is -4.61. The van der Waals surface area contributed by atoms with Gasteiger partial charge in [-0.3, -0.25) is 9.78 Å². The number of nitrogens with one attached hydrogen (secondary N) is 1. The maximum absolute atomic E-state index is 12.8. The fourth-order valence-electron chi connectivity index (χ4n) is 3.68. The fourth-order valence-corrected chi connectivity index (χ4v) is 5.48. The van der Waals surface area contributed by atoms with Crippen LogP contribution >= 0.6 is 0 Å². The van der Waals surface area contributed by atoms with Gasteiger partial charge >= 0.3 is 6.18 Å². The molecule has 1 heterocycles. The predicted molar refractivity (Wildman–Crippen MR) is 106 cm³/mol. The Balaban J connectivity index is 1.55. The first-order valence-electron chi connectivity index (χ1n) is 9.68. The summed E-state index contributed by atoms with van der Waals surface area (Å²) in [6.07, 6.45) is -1.24. The Bertz CT molecular complexity index is 1010. The van der Waals surface area contributed by atoms with Crippen LogP contribution in [0.4, 0.5) is 13.2 Å². The first-order valence-corrected chi connectivity index (χ1v) is 11.3. The van der Waals surface area contributed by atoms with Crippen LogP contribution in [0.15, 0.2) is 47.5 Å². The van der Waals surface area contributed by atoms with Crippen molar-refractivity contribution in [2.45, 2.75) is 49.7 Å². The Morgan fingerprint density at radius 1 is 1.13 bits per heavy atom. The van der Waals surface area contributed by atoms with E-state index in [-0.39, 0.29) is 23.3 Å². The molecule has 1 aliphatic rings. The van der Waals surface area contributed by atoms with Crippen LogP contribution < -0.4 is 5.32 Å². The van der Waals surface area contributed by atoms with Crippen molar-refractivity contribution in [2.75, 3.05) is 5.75 Å². The van der Waals surface area contributed by atoms with E-state index in [0.717, 1.165) is 17.8 Å². The minimum absolute atomic E-state index is 0.0126. The van der Waals surface area contributed by atoms with Gasteiger partial charge in [-0.1, -0.05) is 12.1 Å². The summed E-state index contributed by atoms with van der Waals surface area (Å²) >= 11 is 0. The summed E-state index contributed by atoms with van der Waals surface area (Å²) in [5, 5.41) is 2.75. The van der Waals surface area contributed by atoms with Crippen molar-refractivity contribution in [1.82, 2.24) is 10.3 Å². The second kappa shape index (κ2) is 8.75. The monoisotopic (exact) mass is 440 g/mol. The molecule has 1 fully saturated rings. The number of carbonyl (C=O) groups is 1. The molecule has 162 valence electrons. The average Bonchev–Trinajstić information content (AvgIpc) is 2.69. The molecule has 1 saturated carbocycles. The summed E-state index contributed by atoms with van der Waals surface area (Å²) in [5.41, 5.74) is -0.325. The highest BCUT2D eigenvalue weighted by atomic mass is 32.2. The van der Waals surface area contributed by atoms with Gasteiger partial charge in [0.1, 0.15) is 5.69 Å². The summed E-state index contributed by atoms with van der Waals surface area (Å²) in [6.45, 7) is 1.84. The van der Waals surface area contributed by atoms with E-state index >= 15 is 0 Å². The lowest BCUT2D eigenvalue weighted by Crippen LogP contribution is -2.38. The lowest BCUT2D eigenvalue weighted by Gasteiger charge is -2.29. The third kappa shape index (κ3) is 5.59. The number of alkyl halides is 3. The van der Waals surface area contributed by atoms with Crippen molar-refractivity contribution < 1.29 is 26.4 Å². The van der Waals surface area contributed by atoms with Crippen LogP contribution in [-0.2, 0) is 16.0 Å². The Labute approximate surface area is 173 Å². The molecule has 0 saturated heterocycles. The lowest BCUT2D eigenvalue weighted by molar-refractivity contribution is -0.141. The molecule has 5 nitrogen and oxygen atoms in total. The molecular formula is C21H23F3N2O3S. The molecule has 0 atom stereocenters. The van der Waals surface area contributed by atoms with Gasteiger partial charge in [-0.15, -0.1) is 0 Å². The second-order valence-electron chi connectivity index (χ2n) is 7.72. The zero-order chi connectivity index (χ0) is 21.9. The standard InChI is InChI=1S/C21H23F3N2O3S/c1-14-3-2-4-18(11-14)30(28,29)13-15-5-7-17(8-6-15)26-20(27)16-9-10-25-19(12-16)21(22,23)24/h2-4,9-12,15,17H,5-8,13H2,1H3,(H,26,27). The molecule has 2 aromatic rings. The minimum Gasteiger partial charge on any atom is -0.349 e. The molecule has 30 heavy (non-hydrogen) atoms. The quantitative estimate of drug-likeness (QED) is 0.757. The number of rotatable bonds is 5. The molecular weight excluding hydrogens is 417 g/mol. The number of aryl methyl sites for hydroxylation is 1. The predicted octanol–water partition coefficient (Wildman–Crippen LogP) is 4.17. The summed E-state index contributed by atoms with van der Waals surface area (Å²) in [6, 6.07) is 8.59. The highest BCUT2D eigenvalue weighted by Gasteiger charge is 2.33. The molecule has 0 bridgehead atoms. The van der Waals surface area contributed by atoms with Crippen LogP contribution in [0, 0.1) is 12.8 Å². The number of hydrogen-bond acceptors (Lipinski definition) is 4. The lowest BCUT2D eigenvalue weighted by atomic mass is 9.87. The van der Waals surface area contributed by atoms with Gasteiger partial charge in [0.15, 0.2) is 9.84 Å². The molecule has 1 amide bonds. The normalized spacial score (nSPS) is 20.0. The van der Waals surface area contributed by atoms with Crippen LogP contribution in [0.1, 0.15) is 47.3 Å². The molecule has 1 N–H and O–H groups in total. The van der Waals surface area contributed by atoms with Crippen molar-refractivity contribution in [3.8, 4) is 0 Å². The van der Waals surface area contributed by atoms with Gasteiger partial charge in [-0.25, -0.2) is 8.42 Å². The van der Waals surface area contributed by atoms with Crippen LogP contribution in [0.25, 0.3) is 0 Å². The molecule has 0 spiro atoms. The molecule has 1 aromatic carbocycles. The maximum Gasteiger partial charge on any atom is 0.433 e. The Hall–Kier alpha value is -2.42. The van der Waals surface area contributed by atoms with Gasteiger partial charge in [0, 0.05) is 17.8 Å². The van der Waals surface area contributed by atoms with Crippen molar-refractivity contribution in [1.29, 1.82) is 0 Å². The smallest absolute Gasteiger partial charge is 0.349 e. The summed E-state index contributed by atoms with van der Waals surface area (Å²) in [4.78, 5) is 15.9. The second-order valence-corrected chi connectivity index (χ2v) is 9.75. The van der Waals surface area contributed by atoms with E-state index < -0.39 is 27.6 Å². The van der Waals surface area contributed by atoms with Crippen molar-refractivity contribution in [3.05, 3.63) is 59.4 Å². The molecule has 0 aliphatic heterocycles. The number of benzene rings is 1. The number of nitrogens with zero attached hydrogens (tertiary/aromatic N) is 1. The zero-order valence-corrected chi connectivity index (χ0v) is 17.3. The maximum atomic E-state index is 12.8. The van der Waals surface area contributed by atoms with E-state index in [1.165, 1.54) is 6.07 Å². The van der Waals surface area contributed by atoms with Crippen LogP contribution in [-0.4, -0.2) is 31.1 Å². The number of carbonyl (C=O) groups excluding carboxylic acids is 1. The van der Waals surface area contributed by atoms with E-state index in [4.69, 9.17) is 0 Å². The third-order valence-corrected chi connectivity index (χ3v) is 7.18. The Morgan fingerprint density at radius 2 is 1.83 bits per heavy atom. The number of hydrogen-bond donors (Lipinski definition) is 1. The van der Waals surface area contributed by atoms with Gasteiger partial charge in [-0.05, 0) is 68.4 Å². The Morgan fingerprint density at radius 3 is 2.47 bits per heavy atom. The molecule has 1 aromatic heterocycles. The van der Waals surface area contributed by atoms with Gasteiger partial charge in [0.25, 0.3) is 5.91 Å². The van der Waals surface area contributed by atoms with Gasteiger partial charge in [-0.2, -0.15) is 13.2 Å². The SMILES string of the molecule is Cc1cccc(S(=O)(=O)CC2CCC(NC(=O)c3ccnc(C(F)(F)F)c3)CC2)c1. The zero-order valence-electron chi connectivity index (χ0n) is 16.4. The molecule has 1 aliphatic carbocycles. The number of halogens is 3. The van der Waals surface area contributed by atoms with Gasteiger partial charge < -0.3 is 5.32 Å². The number of amides is 1. The first-order chi connectivity index (χ1) is 14.0. The fraction of sp³-hybridized carbons (Fsp3) is 0.429. The molecule has 0 radical (unpaired) electrons. The van der Waals surface area contributed by atoms with Crippen molar-refractivity contribution in [2.24, 2.45) is 5.92 Å². The highest BCUT2D eigenvalue weighted by Crippen LogP contribution is 2.29. The van der Waals surface area contributed by atoms with E-state index in [2.05, 4.69) is 10.3 Å². The Kier molecular flexibility index (Phi) is 6.50.